The van der Waals surface area contributed by atoms with E-state index in [0.29, 0.717) is 11.3 Å². The number of nitrogens with one attached hydrogen (secondary N) is 1. The fraction of sp³-hybridized carbons (Fsp3) is 0.133. The van der Waals surface area contributed by atoms with Gasteiger partial charge < -0.3 is 4.74 Å². The van der Waals surface area contributed by atoms with Gasteiger partial charge in [0.05, 0.1) is 17.8 Å². The third-order valence-corrected chi connectivity index (χ3v) is 3.58. The molecule has 0 saturated carbocycles. The summed E-state index contributed by atoms with van der Waals surface area (Å²) in [5.41, 5.74) is 4.06. The first-order valence-electron chi connectivity index (χ1n) is 6.18. The molecule has 0 aliphatic rings. The molecule has 21 heavy (non-hydrogen) atoms. The number of nitriles is 1. The van der Waals surface area contributed by atoms with Gasteiger partial charge in [-0.1, -0.05) is 0 Å². The van der Waals surface area contributed by atoms with Gasteiger partial charge in [-0.25, -0.2) is 5.43 Å². The zero-order chi connectivity index (χ0) is 15.1. The van der Waals surface area contributed by atoms with E-state index in [0.717, 1.165) is 10.4 Å². The van der Waals surface area contributed by atoms with Gasteiger partial charge in [-0.3, -0.25) is 4.79 Å². The molecule has 1 N–H and O–H groups in total. The van der Waals surface area contributed by atoms with Crippen molar-refractivity contribution >= 4 is 23.5 Å². The van der Waals surface area contributed by atoms with Crippen molar-refractivity contribution in [3.63, 3.8) is 0 Å². The number of hydrogen-bond donors (Lipinski definition) is 1. The van der Waals surface area contributed by atoms with Crippen molar-refractivity contribution < 1.29 is 9.53 Å². The average molecular weight is 299 g/mol. The molecule has 0 saturated heterocycles. The molecule has 1 heterocycles. The molecule has 0 radical (unpaired) electrons. The Morgan fingerprint density at radius 3 is 2.81 bits per heavy atom. The number of carbonyl (C=O) groups is 1. The topological polar surface area (TPSA) is 74.5 Å². The third-order valence-electron chi connectivity index (χ3n) is 2.63. The highest BCUT2D eigenvalue weighted by atomic mass is 32.1. The van der Waals surface area contributed by atoms with Crippen molar-refractivity contribution in [1.29, 1.82) is 5.26 Å². The van der Waals surface area contributed by atoms with Crippen molar-refractivity contribution in [3.05, 3.63) is 51.7 Å². The Morgan fingerprint density at radius 1 is 1.43 bits per heavy atom. The van der Waals surface area contributed by atoms with Crippen LogP contribution in [0.2, 0.25) is 0 Å². The Labute approximate surface area is 126 Å². The maximum Gasteiger partial charge on any atom is 0.277 e. The number of benzene rings is 1. The van der Waals surface area contributed by atoms with Gasteiger partial charge in [0.15, 0.2) is 6.61 Å². The summed E-state index contributed by atoms with van der Waals surface area (Å²) in [5.74, 6) is 0.187. The van der Waals surface area contributed by atoms with Crippen LogP contribution in [0.4, 0.5) is 0 Å². The summed E-state index contributed by atoms with van der Waals surface area (Å²) in [6, 6.07) is 10.5. The Balaban J connectivity index is 1.78. The van der Waals surface area contributed by atoms with E-state index in [-0.39, 0.29) is 12.5 Å². The minimum absolute atomic E-state index is 0.132. The van der Waals surface area contributed by atoms with Gasteiger partial charge in [0.1, 0.15) is 5.75 Å². The molecule has 0 aliphatic carbocycles. The minimum atomic E-state index is -0.343. The summed E-state index contributed by atoms with van der Waals surface area (Å²) in [6.45, 7) is 1.85. The predicted octanol–water partition coefficient (Wildman–Crippen LogP) is 2.46. The van der Waals surface area contributed by atoms with Gasteiger partial charge in [0.25, 0.3) is 5.91 Å². The molecule has 106 valence electrons. The molecule has 2 rings (SSSR count). The molecule has 2 aromatic rings. The summed E-state index contributed by atoms with van der Waals surface area (Å²) in [6.07, 6.45) is 1.61. The van der Waals surface area contributed by atoms with E-state index in [1.165, 1.54) is 0 Å². The van der Waals surface area contributed by atoms with E-state index in [9.17, 15) is 4.79 Å². The lowest BCUT2D eigenvalue weighted by Crippen LogP contribution is -2.24. The van der Waals surface area contributed by atoms with Crippen molar-refractivity contribution in [1.82, 2.24) is 5.43 Å². The molecule has 0 atom stereocenters. The number of nitrogens with zero attached hydrogens (tertiary/aromatic N) is 2. The largest absolute Gasteiger partial charge is 0.484 e. The van der Waals surface area contributed by atoms with Crippen LogP contribution in [0.15, 0.2) is 40.8 Å². The van der Waals surface area contributed by atoms with E-state index < -0.39 is 0 Å². The van der Waals surface area contributed by atoms with Gasteiger partial charge in [-0.05, 0) is 48.2 Å². The van der Waals surface area contributed by atoms with Crippen LogP contribution in [0.25, 0.3) is 0 Å². The lowest BCUT2D eigenvalue weighted by molar-refractivity contribution is -0.123. The number of hydrogen-bond acceptors (Lipinski definition) is 5. The Kier molecular flexibility index (Phi) is 5.07. The smallest absolute Gasteiger partial charge is 0.277 e. The van der Waals surface area contributed by atoms with Crippen LogP contribution in [0, 0.1) is 18.3 Å². The molecule has 6 heteroatoms. The zero-order valence-electron chi connectivity index (χ0n) is 11.4. The predicted molar refractivity (Wildman–Crippen MR) is 81.4 cm³/mol. The van der Waals surface area contributed by atoms with Crippen LogP contribution in [-0.4, -0.2) is 18.7 Å². The van der Waals surface area contributed by atoms with Crippen molar-refractivity contribution in [2.75, 3.05) is 6.61 Å². The molecule has 0 spiro atoms. The van der Waals surface area contributed by atoms with E-state index in [1.807, 2.05) is 24.4 Å². The quantitative estimate of drug-likeness (QED) is 0.680. The molecular weight excluding hydrogens is 286 g/mol. The first kappa shape index (κ1) is 14.8. The highest BCUT2D eigenvalue weighted by Crippen LogP contribution is 2.12. The normalized spacial score (nSPS) is 10.3. The highest BCUT2D eigenvalue weighted by molar-refractivity contribution is 7.11. The van der Waals surface area contributed by atoms with Crippen LogP contribution >= 0.6 is 11.3 Å². The molecule has 0 fully saturated rings. The number of ether oxygens (including phenoxy) is 1. The lowest BCUT2D eigenvalue weighted by atomic mass is 10.2. The van der Waals surface area contributed by atoms with E-state index in [4.69, 9.17) is 10.00 Å². The number of carbonyl (C=O) groups excluding carboxylic acids is 1. The number of rotatable bonds is 5. The Hall–Kier alpha value is -2.65. The second kappa shape index (κ2) is 7.22. The molecule has 0 bridgehead atoms. The molecule has 5 nitrogen and oxygen atoms in total. The maximum atomic E-state index is 11.6. The van der Waals surface area contributed by atoms with E-state index in [1.54, 1.807) is 41.8 Å². The molecule has 0 unspecified atom stereocenters. The molecular formula is C15H13N3O2S. The molecule has 1 aromatic heterocycles. The van der Waals surface area contributed by atoms with Crippen LogP contribution in [0.5, 0.6) is 5.75 Å². The maximum absolute atomic E-state index is 11.6. The number of amides is 1. The third kappa shape index (κ3) is 4.44. The fourth-order valence-electron chi connectivity index (χ4n) is 1.49. The first-order chi connectivity index (χ1) is 10.2. The lowest BCUT2D eigenvalue weighted by Gasteiger charge is -2.04. The van der Waals surface area contributed by atoms with Crippen LogP contribution in [0.1, 0.15) is 16.0 Å². The van der Waals surface area contributed by atoms with Gasteiger partial charge in [0, 0.05) is 4.88 Å². The summed E-state index contributed by atoms with van der Waals surface area (Å²) >= 11 is 1.56. The highest BCUT2D eigenvalue weighted by Gasteiger charge is 2.02. The van der Waals surface area contributed by atoms with Crippen molar-refractivity contribution in [3.8, 4) is 11.8 Å². The summed E-state index contributed by atoms with van der Waals surface area (Å²) in [5, 5.41) is 14.5. The minimum Gasteiger partial charge on any atom is -0.484 e. The average Bonchev–Trinajstić information content (AvgIpc) is 2.91. The van der Waals surface area contributed by atoms with Crippen LogP contribution in [-0.2, 0) is 4.79 Å². The Morgan fingerprint density at radius 2 is 2.19 bits per heavy atom. The van der Waals surface area contributed by atoms with E-state index in [2.05, 4.69) is 10.5 Å². The van der Waals surface area contributed by atoms with Crippen molar-refractivity contribution in [2.45, 2.75) is 6.92 Å². The van der Waals surface area contributed by atoms with Gasteiger partial charge in [0.2, 0.25) is 0 Å². The van der Waals surface area contributed by atoms with E-state index >= 15 is 0 Å². The van der Waals surface area contributed by atoms with Gasteiger partial charge in [-0.2, -0.15) is 10.4 Å². The summed E-state index contributed by atoms with van der Waals surface area (Å²) < 4.78 is 5.29. The zero-order valence-corrected chi connectivity index (χ0v) is 12.2. The fourth-order valence-corrected chi connectivity index (χ4v) is 2.27. The van der Waals surface area contributed by atoms with Gasteiger partial charge >= 0.3 is 0 Å². The van der Waals surface area contributed by atoms with Crippen LogP contribution in [0.3, 0.4) is 0 Å². The molecule has 1 amide bonds. The van der Waals surface area contributed by atoms with Gasteiger partial charge in [-0.15, -0.1) is 11.3 Å². The first-order valence-corrected chi connectivity index (χ1v) is 7.06. The standard InChI is InChI=1S/C15H13N3O2S/c1-11-6-7-21-14(11)9-17-18-15(19)10-20-13-4-2-12(8-16)3-5-13/h2-7,9H,10H2,1H3,(H,18,19)/b17-9+. The number of aryl methyl sites for hydroxylation is 1. The molecule has 0 aliphatic heterocycles. The monoisotopic (exact) mass is 299 g/mol. The van der Waals surface area contributed by atoms with Crippen LogP contribution < -0.4 is 10.2 Å². The SMILES string of the molecule is Cc1ccsc1/C=N/NC(=O)COc1ccc(C#N)cc1. The number of thiophene rings is 1. The molecule has 1 aromatic carbocycles. The summed E-state index contributed by atoms with van der Waals surface area (Å²) in [7, 11) is 0. The summed E-state index contributed by atoms with van der Waals surface area (Å²) in [4.78, 5) is 12.6. The Bertz CT molecular complexity index is 684. The second-order valence-electron chi connectivity index (χ2n) is 4.19. The second-order valence-corrected chi connectivity index (χ2v) is 5.13. The number of hydrazone groups is 1. The van der Waals surface area contributed by atoms with Crippen molar-refractivity contribution in [2.24, 2.45) is 5.10 Å².